The maximum atomic E-state index is 11.8. The zero-order chi connectivity index (χ0) is 10.2. The van der Waals surface area contributed by atoms with Gasteiger partial charge in [-0.05, 0) is 25.7 Å². The summed E-state index contributed by atoms with van der Waals surface area (Å²) in [5, 5.41) is 0. The van der Waals surface area contributed by atoms with Gasteiger partial charge in [0.25, 0.3) is 0 Å². The normalized spacial score (nSPS) is 28.9. The lowest BCUT2D eigenvalue weighted by Crippen LogP contribution is -2.46. The third-order valence-corrected chi connectivity index (χ3v) is 3.06. The Bertz CT molecular complexity index is 232. The van der Waals surface area contributed by atoms with Gasteiger partial charge in [0.15, 0.2) is 0 Å². The Morgan fingerprint density at radius 2 is 2.36 bits per heavy atom. The van der Waals surface area contributed by atoms with E-state index in [0.29, 0.717) is 6.54 Å². The minimum Gasteiger partial charge on any atom is -0.376 e. The predicted molar refractivity (Wildman–Crippen MR) is 52.8 cm³/mol. The van der Waals surface area contributed by atoms with Crippen molar-refractivity contribution in [3.63, 3.8) is 0 Å². The molecule has 0 spiro atoms. The van der Waals surface area contributed by atoms with E-state index in [0.717, 1.165) is 32.3 Å². The van der Waals surface area contributed by atoms with Gasteiger partial charge in [0.1, 0.15) is 0 Å². The molecule has 0 aromatic heterocycles. The number of carbonyl (C=O) groups is 1. The lowest BCUT2D eigenvalue weighted by Gasteiger charge is -2.23. The summed E-state index contributed by atoms with van der Waals surface area (Å²) in [5.41, 5.74) is 5.30. The van der Waals surface area contributed by atoms with Crippen molar-refractivity contribution >= 4 is 5.91 Å². The Hall–Kier alpha value is -0.610. The quantitative estimate of drug-likeness (QED) is 0.700. The molecule has 0 bridgehead atoms. The van der Waals surface area contributed by atoms with Crippen LogP contribution in [0.4, 0.5) is 0 Å². The van der Waals surface area contributed by atoms with E-state index in [9.17, 15) is 4.79 Å². The van der Waals surface area contributed by atoms with Crippen molar-refractivity contribution in [3.8, 4) is 0 Å². The molecule has 2 fully saturated rings. The van der Waals surface area contributed by atoms with Gasteiger partial charge in [-0.1, -0.05) is 0 Å². The minimum atomic E-state index is -0.534. The molecule has 2 rings (SSSR count). The van der Waals surface area contributed by atoms with Crippen molar-refractivity contribution in [3.05, 3.63) is 0 Å². The Balaban J connectivity index is 1.82. The second kappa shape index (κ2) is 3.51. The molecule has 1 saturated heterocycles. The number of amides is 1. The van der Waals surface area contributed by atoms with Gasteiger partial charge in [-0.15, -0.1) is 0 Å². The van der Waals surface area contributed by atoms with Crippen molar-refractivity contribution in [1.29, 1.82) is 0 Å². The van der Waals surface area contributed by atoms with E-state index in [2.05, 4.69) is 0 Å². The second-order valence-corrected chi connectivity index (χ2v) is 4.48. The van der Waals surface area contributed by atoms with Crippen LogP contribution in [-0.2, 0) is 9.53 Å². The van der Waals surface area contributed by atoms with Crippen molar-refractivity contribution in [2.75, 3.05) is 20.2 Å². The molecule has 1 aliphatic carbocycles. The van der Waals surface area contributed by atoms with Gasteiger partial charge in [-0.2, -0.15) is 0 Å². The average Bonchev–Trinajstić information content (AvgIpc) is 2.71. The fraction of sp³-hybridized carbons (Fsp3) is 0.900. The zero-order valence-corrected chi connectivity index (χ0v) is 8.66. The van der Waals surface area contributed by atoms with Crippen LogP contribution in [0, 0.1) is 0 Å². The summed E-state index contributed by atoms with van der Waals surface area (Å²) >= 11 is 0. The molecule has 4 heteroatoms. The smallest absolute Gasteiger partial charge is 0.242 e. The Morgan fingerprint density at radius 3 is 2.86 bits per heavy atom. The first-order valence-electron chi connectivity index (χ1n) is 5.28. The van der Waals surface area contributed by atoms with Gasteiger partial charge in [0, 0.05) is 20.2 Å². The standard InChI is InChI=1S/C10H18N2O2/c1-12(7-8-3-2-6-14-8)9(13)10(11)4-5-10/h8H,2-7,11H2,1H3. The van der Waals surface area contributed by atoms with Crippen molar-refractivity contribution in [1.82, 2.24) is 4.90 Å². The fourth-order valence-corrected chi connectivity index (χ4v) is 1.91. The molecular formula is C10H18N2O2. The molecule has 2 N–H and O–H groups in total. The summed E-state index contributed by atoms with van der Waals surface area (Å²) in [7, 11) is 1.82. The molecule has 1 aliphatic heterocycles. The molecular weight excluding hydrogens is 180 g/mol. The molecule has 1 heterocycles. The second-order valence-electron chi connectivity index (χ2n) is 4.48. The lowest BCUT2D eigenvalue weighted by atomic mass is 10.2. The Labute approximate surface area is 84.4 Å². The highest BCUT2D eigenvalue weighted by Crippen LogP contribution is 2.34. The maximum absolute atomic E-state index is 11.8. The van der Waals surface area contributed by atoms with Crippen LogP contribution in [0.15, 0.2) is 0 Å². The van der Waals surface area contributed by atoms with Crippen molar-refractivity contribution < 1.29 is 9.53 Å². The van der Waals surface area contributed by atoms with Gasteiger partial charge in [0.2, 0.25) is 5.91 Å². The van der Waals surface area contributed by atoms with Gasteiger partial charge in [0.05, 0.1) is 11.6 Å². The molecule has 0 radical (unpaired) electrons. The van der Waals surface area contributed by atoms with Crippen LogP contribution in [0.1, 0.15) is 25.7 Å². The lowest BCUT2D eigenvalue weighted by molar-refractivity contribution is -0.133. The molecule has 1 amide bonds. The molecule has 1 atom stereocenters. The number of hydrogen-bond acceptors (Lipinski definition) is 3. The number of nitrogens with zero attached hydrogens (tertiary/aromatic N) is 1. The molecule has 80 valence electrons. The summed E-state index contributed by atoms with van der Waals surface area (Å²) in [6.45, 7) is 1.53. The SMILES string of the molecule is CN(CC1CCCO1)C(=O)C1(N)CC1. The highest BCUT2D eigenvalue weighted by Gasteiger charge is 2.47. The van der Waals surface area contributed by atoms with Crippen molar-refractivity contribution in [2.24, 2.45) is 5.73 Å². The van der Waals surface area contributed by atoms with E-state index in [1.165, 1.54) is 0 Å². The van der Waals surface area contributed by atoms with Gasteiger partial charge in [-0.3, -0.25) is 4.79 Å². The van der Waals surface area contributed by atoms with Crippen LogP contribution in [0.25, 0.3) is 0 Å². The number of ether oxygens (including phenoxy) is 1. The fourth-order valence-electron chi connectivity index (χ4n) is 1.91. The van der Waals surface area contributed by atoms with Crippen LogP contribution in [0.5, 0.6) is 0 Å². The highest BCUT2D eigenvalue weighted by atomic mass is 16.5. The van der Waals surface area contributed by atoms with Gasteiger partial charge in [-0.25, -0.2) is 0 Å². The van der Waals surface area contributed by atoms with Gasteiger partial charge < -0.3 is 15.4 Å². The molecule has 2 aliphatic rings. The molecule has 0 aromatic rings. The van der Waals surface area contributed by atoms with Crippen LogP contribution in [0.3, 0.4) is 0 Å². The Kier molecular flexibility index (Phi) is 2.49. The van der Waals surface area contributed by atoms with Crippen LogP contribution in [0.2, 0.25) is 0 Å². The maximum Gasteiger partial charge on any atom is 0.242 e. The summed E-state index contributed by atoms with van der Waals surface area (Å²) in [6.07, 6.45) is 4.07. The van der Waals surface area contributed by atoms with E-state index in [1.54, 1.807) is 4.90 Å². The van der Waals surface area contributed by atoms with E-state index >= 15 is 0 Å². The summed E-state index contributed by atoms with van der Waals surface area (Å²) < 4.78 is 5.47. The first-order chi connectivity index (χ1) is 6.62. The zero-order valence-electron chi connectivity index (χ0n) is 8.66. The third kappa shape index (κ3) is 1.91. The first-order valence-corrected chi connectivity index (χ1v) is 5.28. The Morgan fingerprint density at radius 1 is 1.64 bits per heavy atom. The van der Waals surface area contributed by atoms with E-state index in [-0.39, 0.29) is 12.0 Å². The summed E-state index contributed by atoms with van der Waals surface area (Å²) in [6, 6.07) is 0. The van der Waals surface area contributed by atoms with E-state index < -0.39 is 5.54 Å². The van der Waals surface area contributed by atoms with Crippen LogP contribution in [-0.4, -0.2) is 42.6 Å². The number of hydrogen-bond donors (Lipinski definition) is 1. The largest absolute Gasteiger partial charge is 0.376 e. The third-order valence-electron chi connectivity index (χ3n) is 3.06. The predicted octanol–water partition coefficient (Wildman–Crippen LogP) is 0.115. The van der Waals surface area contributed by atoms with E-state index in [1.807, 2.05) is 7.05 Å². The molecule has 1 unspecified atom stereocenters. The highest BCUT2D eigenvalue weighted by molar-refractivity contribution is 5.88. The molecule has 1 saturated carbocycles. The number of nitrogens with two attached hydrogens (primary N) is 1. The number of rotatable bonds is 3. The van der Waals surface area contributed by atoms with Crippen LogP contribution >= 0.6 is 0 Å². The number of likely N-dealkylation sites (N-methyl/N-ethyl adjacent to an activating group) is 1. The van der Waals surface area contributed by atoms with Crippen LogP contribution < -0.4 is 5.73 Å². The van der Waals surface area contributed by atoms with Crippen molar-refractivity contribution in [2.45, 2.75) is 37.3 Å². The average molecular weight is 198 g/mol. The topological polar surface area (TPSA) is 55.6 Å². The summed E-state index contributed by atoms with van der Waals surface area (Å²) in [5.74, 6) is 0.0769. The monoisotopic (exact) mass is 198 g/mol. The summed E-state index contributed by atoms with van der Waals surface area (Å²) in [4.78, 5) is 13.5. The van der Waals surface area contributed by atoms with Gasteiger partial charge >= 0.3 is 0 Å². The molecule has 14 heavy (non-hydrogen) atoms. The number of carbonyl (C=O) groups excluding carboxylic acids is 1. The molecule has 4 nitrogen and oxygen atoms in total. The van der Waals surface area contributed by atoms with E-state index in [4.69, 9.17) is 10.5 Å². The molecule has 0 aromatic carbocycles. The first kappa shape index (κ1) is 9.93. The minimum absolute atomic E-state index is 0.0769.